The zero-order chi connectivity index (χ0) is 29.9. The van der Waals surface area contributed by atoms with Crippen molar-refractivity contribution in [2.45, 2.75) is 39.3 Å². The summed E-state index contributed by atoms with van der Waals surface area (Å²) in [4.78, 5) is 42.4. The zero-order valence-corrected chi connectivity index (χ0v) is 24.4. The van der Waals surface area contributed by atoms with Crippen LogP contribution >= 0.6 is 11.3 Å². The number of carbonyl (C=O) groups excluding carboxylic acids is 2. The van der Waals surface area contributed by atoms with Crippen molar-refractivity contribution in [2.75, 3.05) is 0 Å². The van der Waals surface area contributed by atoms with Gasteiger partial charge in [-0.2, -0.15) is 4.68 Å². The maximum atomic E-state index is 13.9. The molecule has 1 N–H and O–H groups in total. The molecular formula is C30H27N9O3S. The number of fused-ring (bicyclic) bond motifs is 1. The van der Waals surface area contributed by atoms with Crippen LogP contribution in [0.2, 0.25) is 0 Å². The number of tetrazole rings is 1. The van der Waals surface area contributed by atoms with Crippen LogP contribution in [-0.2, 0) is 16.1 Å². The minimum atomic E-state index is -1.20. The highest BCUT2D eigenvalue weighted by molar-refractivity contribution is 7.15. The second kappa shape index (κ2) is 11.9. The molecule has 0 bridgehead atoms. The van der Waals surface area contributed by atoms with Crippen LogP contribution in [0.5, 0.6) is 0 Å². The number of ether oxygens (including phenoxy) is 1. The molecule has 0 saturated heterocycles. The molecule has 1 unspecified atom stereocenters. The number of carbonyl (C=O) groups is 2. The molecule has 5 aromatic heterocycles. The number of esters is 1. The minimum Gasteiger partial charge on any atom is -0.459 e. The van der Waals surface area contributed by atoms with Gasteiger partial charge in [0, 0.05) is 29.4 Å². The molecule has 0 aliphatic rings. The predicted octanol–water partition coefficient (Wildman–Crippen LogP) is 4.47. The van der Waals surface area contributed by atoms with E-state index in [2.05, 4.69) is 35.8 Å². The molecule has 6 aromatic rings. The number of rotatable bonds is 9. The highest BCUT2D eigenvalue weighted by Crippen LogP contribution is 2.31. The first-order chi connectivity index (χ1) is 20.9. The maximum absolute atomic E-state index is 13.9. The van der Waals surface area contributed by atoms with E-state index < -0.39 is 17.9 Å². The summed E-state index contributed by atoms with van der Waals surface area (Å²) < 4.78 is 9.00. The van der Waals surface area contributed by atoms with Crippen LogP contribution in [-0.4, -0.2) is 51.4 Å². The third-order valence-corrected chi connectivity index (χ3v) is 7.72. The Morgan fingerprint density at radius 3 is 2.60 bits per heavy atom. The molecule has 6 rings (SSSR count). The van der Waals surface area contributed by atoms with Crippen molar-refractivity contribution in [1.82, 2.24) is 44.9 Å². The Morgan fingerprint density at radius 2 is 1.88 bits per heavy atom. The number of nitrogens with zero attached hydrogens (tertiary/aromatic N) is 8. The van der Waals surface area contributed by atoms with Gasteiger partial charge in [0.2, 0.25) is 0 Å². The van der Waals surface area contributed by atoms with E-state index in [0.29, 0.717) is 17.2 Å². The van der Waals surface area contributed by atoms with E-state index >= 15 is 0 Å². The first kappa shape index (κ1) is 27.8. The van der Waals surface area contributed by atoms with Crippen LogP contribution in [0.3, 0.4) is 0 Å². The molecule has 5 heterocycles. The Morgan fingerprint density at radius 1 is 1.05 bits per heavy atom. The topological polar surface area (TPSA) is 142 Å². The number of aromatic nitrogens is 8. The van der Waals surface area contributed by atoms with Gasteiger partial charge in [0.15, 0.2) is 17.5 Å². The fraction of sp³-hybridized carbons (Fsp3) is 0.200. The van der Waals surface area contributed by atoms with Crippen LogP contribution in [0.1, 0.15) is 58.1 Å². The van der Waals surface area contributed by atoms with E-state index in [1.165, 1.54) is 18.6 Å². The Kier molecular flexibility index (Phi) is 7.71. The van der Waals surface area contributed by atoms with Gasteiger partial charge in [-0.05, 0) is 41.1 Å². The molecule has 0 radical (unpaired) electrons. The van der Waals surface area contributed by atoms with E-state index in [0.717, 1.165) is 21.0 Å². The molecule has 0 saturated carbocycles. The van der Waals surface area contributed by atoms with Gasteiger partial charge in [-0.15, -0.1) is 16.4 Å². The van der Waals surface area contributed by atoms with Crippen molar-refractivity contribution in [2.24, 2.45) is 0 Å². The summed E-state index contributed by atoms with van der Waals surface area (Å²) in [5.74, 6) is -0.587. The first-order valence-corrected chi connectivity index (χ1v) is 14.3. The van der Waals surface area contributed by atoms with Gasteiger partial charge in [0.1, 0.15) is 12.3 Å². The summed E-state index contributed by atoms with van der Waals surface area (Å²) in [5.41, 5.74) is 3.20. The quantitative estimate of drug-likeness (QED) is 0.240. The minimum absolute atomic E-state index is 0.00216. The standard InChI is InChI=1S/C30H27N9O3S/c1-18(2)27-35-36-37-39(27)23-13-21(16-38-24(15-33-28(23)38)25-10-9-19(3)43-25)29(40)34-26(22-14-31-11-12-32-22)30(41)42-17-20-7-5-4-6-8-20/h4-16,18,26H,17H2,1-3H3,(H,34,40). The van der Waals surface area contributed by atoms with Gasteiger partial charge < -0.3 is 10.1 Å². The van der Waals surface area contributed by atoms with Crippen LogP contribution in [0.15, 0.2) is 79.5 Å². The van der Waals surface area contributed by atoms with Crippen molar-refractivity contribution in [3.63, 3.8) is 0 Å². The molecule has 0 fully saturated rings. The van der Waals surface area contributed by atoms with Gasteiger partial charge in [0.25, 0.3) is 5.91 Å². The highest BCUT2D eigenvalue weighted by Gasteiger charge is 2.28. The molecule has 43 heavy (non-hydrogen) atoms. The molecule has 0 spiro atoms. The lowest BCUT2D eigenvalue weighted by atomic mass is 10.1. The van der Waals surface area contributed by atoms with Crippen LogP contribution in [0, 0.1) is 6.92 Å². The monoisotopic (exact) mass is 593 g/mol. The van der Waals surface area contributed by atoms with Crippen molar-refractivity contribution in [3.8, 4) is 16.3 Å². The Balaban J connectivity index is 1.40. The number of thiophene rings is 1. The van der Waals surface area contributed by atoms with Gasteiger partial charge in [-0.25, -0.2) is 9.78 Å². The number of hydrogen-bond donors (Lipinski definition) is 1. The Hall–Kier alpha value is -5.30. The molecule has 0 aliphatic heterocycles. The van der Waals surface area contributed by atoms with Gasteiger partial charge in [-0.1, -0.05) is 44.2 Å². The van der Waals surface area contributed by atoms with Crippen molar-refractivity contribution in [3.05, 3.63) is 107 Å². The van der Waals surface area contributed by atoms with E-state index in [9.17, 15) is 9.59 Å². The van der Waals surface area contributed by atoms with Gasteiger partial charge >= 0.3 is 5.97 Å². The molecule has 1 aromatic carbocycles. The van der Waals surface area contributed by atoms with E-state index in [4.69, 9.17) is 4.74 Å². The summed E-state index contributed by atoms with van der Waals surface area (Å²) in [6.45, 7) is 6.03. The average Bonchev–Trinajstić information content (AvgIpc) is 3.79. The molecule has 12 nitrogen and oxygen atoms in total. The fourth-order valence-electron chi connectivity index (χ4n) is 4.57. The van der Waals surface area contributed by atoms with Crippen LogP contribution < -0.4 is 5.32 Å². The van der Waals surface area contributed by atoms with Crippen molar-refractivity contribution in [1.29, 1.82) is 0 Å². The lowest BCUT2D eigenvalue weighted by Crippen LogP contribution is -2.35. The smallest absolute Gasteiger partial charge is 0.335 e. The summed E-state index contributed by atoms with van der Waals surface area (Å²) in [5, 5.41) is 15.1. The highest BCUT2D eigenvalue weighted by atomic mass is 32.1. The number of nitrogens with one attached hydrogen (secondary N) is 1. The van der Waals surface area contributed by atoms with E-state index in [1.54, 1.807) is 34.5 Å². The van der Waals surface area contributed by atoms with Gasteiger partial charge in [0.05, 0.1) is 34.2 Å². The summed E-state index contributed by atoms with van der Waals surface area (Å²) >= 11 is 1.62. The van der Waals surface area contributed by atoms with Crippen molar-refractivity contribution < 1.29 is 14.3 Å². The average molecular weight is 594 g/mol. The molecule has 216 valence electrons. The maximum Gasteiger partial charge on any atom is 0.335 e. The third-order valence-electron chi connectivity index (χ3n) is 6.69. The number of benzene rings is 1. The second-order valence-electron chi connectivity index (χ2n) is 10.1. The first-order valence-electron chi connectivity index (χ1n) is 13.5. The fourth-order valence-corrected chi connectivity index (χ4v) is 5.44. The molecular weight excluding hydrogens is 566 g/mol. The number of aryl methyl sites for hydroxylation is 1. The van der Waals surface area contributed by atoms with E-state index in [-0.39, 0.29) is 23.8 Å². The Bertz CT molecular complexity index is 1900. The van der Waals surface area contributed by atoms with Crippen LogP contribution in [0.4, 0.5) is 0 Å². The zero-order valence-electron chi connectivity index (χ0n) is 23.6. The number of hydrogen-bond acceptors (Lipinski definition) is 10. The predicted molar refractivity (Wildman–Crippen MR) is 159 cm³/mol. The third kappa shape index (κ3) is 5.75. The lowest BCUT2D eigenvalue weighted by Gasteiger charge is -2.18. The number of imidazole rings is 1. The molecule has 1 amide bonds. The van der Waals surface area contributed by atoms with Gasteiger partial charge in [-0.3, -0.25) is 19.2 Å². The lowest BCUT2D eigenvalue weighted by molar-refractivity contribution is -0.147. The summed E-state index contributed by atoms with van der Waals surface area (Å²) in [6, 6.07) is 13.8. The second-order valence-corrected chi connectivity index (χ2v) is 11.4. The normalized spacial score (nSPS) is 12.0. The molecule has 13 heteroatoms. The van der Waals surface area contributed by atoms with Crippen molar-refractivity contribution >= 4 is 28.9 Å². The number of amides is 1. The largest absolute Gasteiger partial charge is 0.459 e. The van der Waals surface area contributed by atoms with Crippen LogP contribution in [0.25, 0.3) is 21.9 Å². The summed E-state index contributed by atoms with van der Waals surface area (Å²) in [7, 11) is 0. The SMILES string of the molecule is Cc1ccc(-c2cnc3c(-n4nnnc4C(C)C)cc(C(=O)NC(C(=O)OCc4ccccc4)c4cnccn4)cn23)s1. The number of pyridine rings is 1. The molecule has 1 atom stereocenters. The van der Waals surface area contributed by atoms with E-state index in [1.807, 2.05) is 67.6 Å². The molecule has 0 aliphatic carbocycles. The summed E-state index contributed by atoms with van der Waals surface area (Å²) in [6.07, 6.45) is 7.81. The Labute approximate surface area is 250 Å².